The lowest BCUT2D eigenvalue weighted by Crippen LogP contribution is -2.05. The van der Waals surface area contributed by atoms with Crippen LogP contribution in [0.1, 0.15) is 21.6 Å². The lowest BCUT2D eigenvalue weighted by atomic mass is 10.0. The van der Waals surface area contributed by atoms with Crippen LogP contribution in [-0.2, 0) is 13.5 Å². The number of rotatable bonds is 3. The molecule has 1 aromatic heterocycles. The minimum atomic E-state index is 0.0319. The third-order valence-electron chi connectivity index (χ3n) is 3.53. The molecule has 3 rings (SSSR count). The van der Waals surface area contributed by atoms with Crippen LogP contribution >= 0.6 is 11.6 Å². The van der Waals surface area contributed by atoms with E-state index in [-0.39, 0.29) is 12.2 Å². The highest BCUT2D eigenvalue weighted by Crippen LogP contribution is 2.21. The van der Waals surface area contributed by atoms with E-state index in [1.54, 1.807) is 10.7 Å². The number of carbonyl (C=O) groups excluding carboxylic acids is 1. The average molecular weight is 299 g/mol. The molecule has 0 fully saturated rings. The van der Waals surface area contributed by atoms with E-state index in [1.807, 2.05) is 50.4 Å². The molecule has 1 heterocycles. The first kappa shape index (κ1) is 13.8. The second-order valence-corrected chi connectivity index (χ2v) is 5.64. The van der Waals surface area contributed by atoms with Gasteiger partial charge in [-0.05, 0) is 36.8 Å². The molecular formula is C17H15ClN2O. The van der Waals surface area contributed by atoms with Gasteiger partial charge in [-0.3, -0.25) is 9.48 Å². The van der Waals surface area contributed by atoms with Crippen molar-refractivity contribution in [1.29, 1.82) is 0 Å². The lowest BCUT2D eigenvalue weighted by molar-refractivity contribution is 0.0992. The predicted molar refractivity (Wildman–Crippen MR) is 84.9 cm³/mol. The first-order chi connectivity index (χ1) is 10.0. The molecule has 0 spiro atoms. The van der Waals surface area contributed by atoms with Gasteiger partial charge in [-0.1, -0.05) is 29.8 Å². The molecular weight excluding hydrogens is 284 g/mol. The molecule has 3 nitrogen and oxygen atoms in total. The highest BCUT2D eigenvalue weighted by Gasteiger charge is 2.14. The number of ketones is 1. The zero-order valence-electron chi connectivity index (χ0n) is 11.9. The molecule has 0 aliphatic rings. The van der Waals surface area contributed by atoms with Crippen LogP contribution < -0.4 is 0 Å². The summed E-state index contributed by atoms with van der Waals surface area (Å²) < 4.78 is 1.81. The number of nitrogens with zero attached hydrogens (tertiary/aromatic N) is 2. The molecule has 0 radical (unpaired) electrons. The van der Waals surface area contributed by atoms with Crippen molar-refractivity contribution in [3.8, 4) is 0 Å². The molecule has 0 aliphatic heterocycles. The number of fused-ring (bicyclic) bond motifs is 1. The van der Waals surface area contributed by atoms with E-state index in [0.717, 1.165) is 22.2 Å². The number of hydrogen-bond donors (Lipinski definition) is 0. The van der Waals surface area contributed by atoms with Crippen LogP contribution in [0.2, 0.25) is 5.02 Å². The first-order valence-electron chi connectivity index (χ1n) is 6.75. The monoisotopic (exact) mass is 298 g/mol. The van der Waals surface area contributed by atoms with Crippen molar-refractivity contribution in [3.63, 3.8) is 0 Å². The predicted octanol–water partition coefficient (Wildman–Crippen LogP) is 3.96. The van der Waals surface area contributed by atoms with E-state index >= 15 is 0 Å². The maximum absolute atomic E-state index is 12.5. The largest absolute Gasteiger partial charge is 0.294 e. The van der Waals surface area contributed by atoms with Crippen LogP contribution in [0.3, 0.4) is 0 Å². The van der Waals surface area contributed by atoms with E-state index in [4.69, 9.17) is 11.6 Å². The summed E-state index contributed by atoms with van der Waals surface area (Å²) in [5.74, 6) is 0.0319. The van der Waals surface area contributed by atoms with E-state index in [2.05, 4.69) is 5.10 Å². The molecule has 3 aromatic rings. The fraction of sp³-hybridized carbons (Fsp3) is 0.176. The highest BCUT2D eigenvalue weighted by atomic mass is 35.5. The van der Waals surface area contributed by atoms with Crippen molar-refractivity contribution in [2.75, 3.05) is 0 Å². The number of Topliss-reactive ketones (excluding diaryl/α,β-unsaturated/α-hetero) is 1. The Kier molecular flexibility index (Phi) is 3.52. The van der Waals surface area contributed by atoms with Gasteiger partial charge in [0.1, 0.15) is 0 Å². The molecule has 2 aromatic carbocycles. The fourth-order valence-corrected chi connectivity index (χ4v) is 2.86. The second-order valence-electron chi connectivity index (χ2n) is 5.20. The van der Waals surface area contributed by atoms with E-state index < -0.39 is 0 Å². The summed E-state index contributed by atoms with van der Waals surface area (Å²) in [7, 11) is 1.89. The molecule has 0 unspecified atom stereocenters. The third-order valence-corrected chi connectivity index (χ3v) is 3.74. The zero-order chi connectivity index (χ0) is 15.0. The van der Waals surface area contributed by atoms with Crippen LogP contribution in [0, 0.1) is 6.92 Å². The third kappa shape index (κ3) is 2.69. The summed E-state index contributed by atoms with van der Waals surface area (Å²) in [6.07, 6.45) is 0.279. The maximum atomic E-state index is 12.5. The Morgan fingerprint density at radius 2 is 2.00 bits per heavy atom. The summed E-state index contributed by atoms with van der Waals surface area (Å²) in [4.78, 5) is 12.5. The topological polar surface area (TPSA) is 34.9 Å². The summed E-state index contributed by atoms with van der Waals surface area (Å²) in [5.41, 5.74) is 3.45. The van der Waals surface area contributed by atoms with Crippen LogP contribution in [0.25, 0.3) is 10.9 Å². The zero-order valence-corrected chi connectivity index (χ0v) is 12.7. The molecule has 0 saturated carbocycles. The van der Waals surface area contributed by atoms with Crippen molar-refractivity contribution in [2.45, 2.75) is 13.3 Å². The van der Waals surface area contributed by atoms with E-state index in [9.17, 15) is 4.79 Å². The Bertz CT molecular complexity index is 816. The van der Waals surface area contributed by atoms with Gasteiger partial charge in [0, 0.05) is 23.0 Å². The van der Waals surface area contributed by atoms with Gasteiger partial charge in [0.15, 0.2) is 5.78 Å². The SMILES string of the molecule is Cc1cc(Cl)cc(C(=O)Cc2nn(C)c3ccccc23)c1. The fourth-order valence-electron chi connectivity index (χ4n) is 2.57. The quantitative estimate of drug-likeness (QED) is 0.686. The Labute approximate surface area is 128 Å². The van der Waals surface area contributed by atoms with Crippen molar-refractivity contribution in [1.82, 2.24) is 9.78 Å². The second kappa shape index (κ2) is 5.34. The number of carbonyl (C=O) groups is 1. The summed E-state index contributed by atoms with van der Waals surface area (Å²) in [6.45, 7) is 1.93. The highest BCUT2D eigenvalue weighted by molar-refractivity contribution is 6.31. The van der Waals surface area contributed by atoms with E-state index in [0.29, 0.717) is 10.6 Å². The van der Waals surface area contributed by atoms with Gasteiger partial charge in [0.25, 0.3) is 0 Å². The Balaban J connectivity index is 1.96. The summed E-state index contributed by atoms with van der Waals surface area (Å²) in [6, 6.07) is 13.3. The number of para-hydroxylation sites is 1. The molecule has 0 N–H and O–H groups in total. The van der Waals surface area contributed by atoms with Gasteiger partial charge >= 0.3 is 0 Å². The minimum absolute atomic E-state index is 0.0319. The van der Waals surface area contributed by atoms with Gasteiger partial charge < -0.3 is 0 Å². The maximum Gasteiger partial charge on any atom is 0.168 e. The molecule has 0 amide bonds. The van der Waals surface area contributed by atoms with Crippen LogP contribution in [0.4, 0.5) is 0 Å². The van der Waals surface area contributed by atoms with Crippen molar-refractivity contribution in [3.05, 3.63) is 64.3 Å². The van der Waals surface area contributed by atoms with E-state index in [1.165, 1.54) is 0 Å². The average Bonchev–Trinajstić information content (AvgIpc) is 2.75. The van der Waals surface area contributed by atoms with Crippen molar-refractivity contribution in [2.24, 2.45) is 7.05 Å². The number of aryl methyl sites for hydroxylation is 2. The number of halogens is 1. The number of aromatic nitrogens is 2. The van der Waals surface area contributed by atoms with Crippen molar-refractivity contribution >= 4 is 28.3 Å². The Morgan fingerprint density at radius 1 is 1.24 bits per heavy atom. The summed E-state index contributed by atoms with van der Waals surface area (Å²) in [5, 5.41) is 6.07. The minimum Gasteiger partial charge on any atom is -0.294 e. The van der Waals surface area contributed by atoms with Gasteiger partial charge in [-0.25, -0.2) is 0 Å². The first-order valence-corrected chi connectivity index (χ1v) is 7.13. The number of benzene rings is 2. The smallest absolute Gasteiger partial charge is 0.168 e. The van der Waals surface area contributed by atoms with Gasteiger partial charge in [-0.15, -0.1) is 0 Å². The van der Waals surface area contributed by atoms with Crippen molar-refractivity contribution < 1.29 is 4.79 Å². The standard InChI is InChI=1S/C17H15ClN2O/c1-11-7-12(9-13(18)8-11)17(21)10-15-14-5-3-4-6-16(14)20(2)19-15/h3-9H,10H2,1-2H3. The molecule has 0 bridgehead atoms. The van der Waals surface area contributed by atoms with Gasteiger partial charge in [0.2, 0.25) is 0 Å². The normalized spacial score (nSPS) is 11.0. The summed E-state index contributed by atoms with van der Waals surface area (Å²) >= 11 is 6.02. The van der Waals surface area contributed by atoms with Gasteiger partial charge in [0.05, 0.1) is 17.6 Å². The molecule has 106 valence electrons. The van der Waals surface area contributed by atoms with Crippen LogP contribution in [-0.4, -0.2) is 15.6 Å². The van der Waals surface area contributed by atoms with Gasteiger partial charge in [-0.2, -0.15) is 5.10 Å². The molecule has 4 heteroatoms. The van der Waals surface area contributed by atoms with Crippen LogP contribution in [0.5, 0.6) is 0 Å². The molecule has 0 aliphatic carbocycles. The Morgan fingerprint density at radius 3 is 2.76 bits per heavy atom. The molecule has 21 heavy (non-hydrogen) atoms. The molecule has 0 atom stereocenters. The Hall–Kier alpha value is -2.13. The lowest BCUT2D eigenvalue weighted by Gasteiger charge is -2.02. The van der Waals surface area contributed by atoms with Crippen LogP contribution in [0.15, 0.2) is 42.5 Å². The molecule has 0 saturated heterocycles. The number of hydrogen-bond acceptors (Lipinski definition) is 2.